The Hall–Kier alpha value is -2.69. The summed E-state index contributed by atoms with van der Waals surface area (Å²) in [4.78, 5) is 19.2. The number of carbonyl (C=O) groups excluding carboxylic acids is 1. The molecule has 1 amide bonds. The zero-order valence-electron chi connectivity index (χ0n) is 18.7. The maximum absolute atomic E-state index is 12.7. The number of hydrogen-bond donors (Lipinski definition) is 0. The van der Waals surface area contributed by atoms with Gasteiger partial charge in [-0.1, -0.05) is 45.0 Å². The number of aryl methyl sites for hydroxylation is 3. The van der Waals surface area contributed by atoms with Crippen LogP contribution in [0.1, 0.15) is 61.0 Å². The quantitative estimate of drug-likeness (QED) is 0.640. The van der Waals surface area contributed by atoms with Crippen LogP contribution in [-0.4, -0.2) is 32.5 Å². The van der Waals surface area contributed by atoms with Crippen molar-refractivity contribution in [3.05, 3.63) is 64.1 Å². The lowest BCUT2D eigenvalue weighted by molar-refractivity contribution is -0.130. The third-order valence-corrected chi connectivity index (χ3v) is 5.54. The van der Waals surface area contributed by atoms with Crippen LogP contribution in [-0.2, 0) is 23.2 Å². The van der Waals surface area contributed by atoms with Crippen molar-refractivity contribution in [2.24, 2.45) is 0 Å². The Morgan fingerprint density at radius 1 is 1.10 bits per heavy atom. The number of hydrogen-bond acceptors (Lipinski definition) is 3. The van der Waals surface area contributed by atoms with Gasteiger partial charge in [-0.15, -0.1) is 0 Å². The highest BCUT2D eigenvalue weighted by atomic mass is 16.2. The van der Waals surface area contributed by atoms with E-state index in [1.807, 2.05) is 31.5 Å². The number of benzene rings is 1. The molecule has 3 aromatic rings. The summed E-state index contributed by atoms with van der Waals surface area (Å²) in [5.74, 6) is 0.139. The second kappa shape index (κ2) is 7.97. The Labute approximate surface area is 173 Å². The fraction of sp³-hybridized carbons (Fsp3) is 0.458. The highest BCUT2D eigenvalue weighted by Crippen LogP contribution is 2.23. The van der Waals surface area contributed by atoms with E-state index in [0.29, 0.717) is 19.4 Å². The highest BCUT2D eigenvalue weighted by molar-refractivity contribution is 5.76. The first kappa shape index (κ1) is 21.0. The van der Waals surface area contributed by atoms with Gasteiger partial charge in [0.1, 0.15) is 0 Å². The van der Waals surface area contributed by atoms with Crippen LogP contribution in [0.15, 0.2) is 30.3 Å². The van der Waals surface area contributed by atoms with Gasteiger partial charge in [-0.25, -0.2) is 9.50 Å². The molecule has 0 bridgehead atoms. The minimum Gasteiger partial charge on any atom is -0.341 e. The van der Waals surface area contributed by atoms with Gasteiger partial charge in [-0.05, 0) is 49.3 Å². The predicted octanol–water partition coefficient (Wildman–Crippen LogP) is 4.54. The maximum Gasteiger partial charge on any atom is 0.222 e. The number of carbonyl (C=O) groups is 1. The van der Waals surface area contributed by atoms with Gasteiger partial charge in [0, 0.05) is 37.5 Å². The summed E-state index contributed by atoms with van der Waals surface area (Å²) in [6.45, 7) is 13.3. The molecule has 0 unspecified atom stereocenters. The minimum absolute atomic E-state index is 0.137. The highest BCUT2D eigenvalue weighted by Gasteiger charge is 2.16. The lowest BCUT2D eigenvalue weighted by atomic mass is 9.87. The van der Waals surface area contributed by atoms with E-state index in [1.54, 1.807) is 4.90 Å². The van der Waals surface area contributed by atoms with Crippen LogP contribution in [0.5, 0.6) is 0 Å². The molecule has 0 aliphatic carbocycles. The van der Waals surface area contributed by atoms with E-state index < -0.39 is 0 Å². The minimum atomic E-state index is 0.137. The first-order valence-corrected chi connectivity index (χ1v) is 10.2. The van der Waals surface area contributed by atoms with Gasteiger partial charge in [-0.3, -0.25) is 4.79 Å². The molecule has 0 atom stereocenters. The average Bonchev–Trinajstić information content (AvgIpc) is 3.01. The molecule has 2 aromatic heterocycles. The van der Waals surface area contributed by atoms with Crippen molar-refractivity contribution in [2.45, 2.75) is 66.3 Å². The van der Waals surface area contributed by atoms with Crippen LogP contribution in [0, 0.1) is 20.8 Å². The van der Waals surface area contributed by atoms with Gasteiger partial charge in [0.15, 0.2) is 5.65 Å². The van der Waals surface area contributed by atoms with E-state index >= 15 is 0 Å². The number of rotatable bonds is 5. The van der Waals surface area contributed by atoms with Crippen LogP contribution >= 0.6 is 0 Å². The fourth-order valence-electron chi connectivity index (χ4n) is 3.70. The summed E-state index contributed by atoms with van der Waals surface area (Å²) in [6, 6.07) is 10.5. The normalized spacial score (nSPS) is 11.8. The molecule has 0 saturated heterocycles. The Kier molecular flexibility index (Phi) is 5.78. The summed E-state index contributed by atoms with van der Waals surface area (Å²) >= 11 is 0. The van der Waals surface area contributed by atoms with Gasteiger partial charge in [0.05, 0.1) is 5.69 Å². The van der Waals surface area contributed by atoms with Gasteiger partial charge in [-0.2, -0.15) is 5.10 Å². The third-order valence-electron chi connectivity index (χ3n) is 5.54. The summed E-state index contributed by atoms with van der Waals surface area (Å²) in [5, 5.41) is 4.52. The van der Waals surface area contributed by atoms with Crippen molar-refractivity contribution in [3.8, 4) is 0 Å². The lowest BCUT2D eigenvalue weighted by Crippen LogP contribution is -2.26. The number of aromatic nitrogens is 3. The van der Waals surface area contributed by atoms with Crippen LogP contribution in [0.2, 0.25) is 0 Å². The number of nitrogens with zero attached hydrogens (tertiary/aromatic N) is 4. The van der Waals surface area contributed by atoms with Gasteiger partial charge in [0.2, 0.25) is 5.91 Å². The predicted molar refractivity (Wildman–Crippen MR) is 117 cm³/mol. The van der Waals surface area contributed by atoms with E-state index in [4.69, 9.17) is 0 Å². The number of fused-ring (bicyclic) bond motifs is 1. The zero-order valence-corrected chi connectivity index (χ0v) is 18.7. The summed E-state index contributed by atoms with van der Waals surface area (Å²) in [7, 11) is 1.87. The van der Waals surface area contributed by atoms with Crippen LogP contribution in [0.3, 0.4) is 0 Å². The standard InChI is InChI=1S/C24H32N4O/c1-16-14-22-25-17(2)21(18(3)28(22)26-16)12-13-23(29)27(7)15-19-8-10-20(11-9-19)24(4,5)6/h8-11,14H,12-13,15H2,1-7H3. The van der Waals surface area contributed by atoms with Crippen LogP contribution in [0.4, 0.5) is 0 Å². The molecule has 2 heterocycles. The topological polar surface area (TPSA) is 50.5 Å². The zero-order chi connectivity index (χ0) is 21.3. The Morgan fingerprint density at radius 3 is 2.38 bits per heavy atom. The van der Waals surface area contributed by atoms with Crippen molar-refractivity contribution < 1.29 is 4.79 Å². The van der Waals surface area contributed by atoms with E-state index in [1.165, 1.54) is 5.56 Å². The van der Waals surface area contributed by atoms with Gasteiger partial charge >= 0.3 is 0 Å². The molecule has 0 N–H and O–H groups in total. The molecule has 3 rings (SSSR count). The first-order chi connectivity index (χ1) is 13.6. The van der Waals surface area contributed by atoms with Gasteiger partial charge in [0.25, 0.3) is 0 Å². The first-order valence-electron chi connectivity index (χ1n) is 10.2. The third kappa shape index (κ3) is 4.66. The largest absolute Gasteiger partial charge is 0.341 e. The second-order valence-electron chi connectivity index (χ2n) is 9.01. The Morgan fingerprint density at radius 2 is 1.76 bits per heavy atom. The van der Waals surface area contributed by atoms with Crippen LogP contribution < -0.4 is 0 Å². The van der Waals surface area contributed by atoms with E-state index in [-0.39, 0.29) is 11.3 Å². The molecular weight excluding hydrogens is 360 g/mol. The molecule has 0 aliphatic heterocycles. The molecule has 1 aromatic carbocycles. The lowest BCUT2D eigenvalue weighted by Gasteiger charge is -2.21. The molecule has 0 radical (unpaired) electrons. The fourth-order valence-corrected chi connectivity index (χ4v) is 3.70. The van der Waals surface area contributed by atoms with Crippen molar-refractivity contribution in [1.82, 2.24) is 19.5 Å². The second-order valence-corrected chi connectivity index (χ2v) is 9.01. The molecule has 0 spiro atoms. The molecule has 0 aliphatic rings. The van der Waals surface area contributed by atoms with Crippen LogP contribution in [0.25, 0.3) is 5.65 Å². The SMILES string of the molecule is Cc1cc2nc(C)c(CCC(=O)N(C)Cc3ccc(C(C)(C)C)cc3)c(C)n2n1. The monoisotopic (exact) mass is 392 g/mol. The smallest absolute Gasteiger partial charge is 0.222 e. The molecule has 154 valence electrons. The molecule has 0 fully saturated rings. The molecular formula is C24H32N4O. The van der Waals surface area contributed by atoms with E-state index in [2.05, 4.69) is 62.0 Å². The van der Waals surface area contributed by atoms with Crippen molar-refractivity contribution in [1.29, 1.82) is 0 Å². The average molecular weight is 393 g/mol. The van der Waals surface area contributed by atoms with E-state index in [9.17, 15) is 4.79 Å². The summed E-state index contributed by atoms with van der Waals surface area (Å²) in [5.41, 5.74) is 7.55. The van der Waals surface area contributed by atoms with Crippen molar-refractivity contribution in [2.75, 3.05) is 7.05 Å². The molecule has 5 nitrogen and oxygen atoms in total. The number of amides is 1. The maximum atomic E-state index is 12.7. The van der Waals surface area contributed by atoms with Crippen molar-refractivity contribution in [3.63, 3.8) is 0 Å². The summed E-state index contributed by atoms with van der Waals surface area (Å²) < 4.78 is 1.88. The van der Waals surface area contributed by atoms with Gasteiger partial charge < -0.3 is 4.90 Å². The molecule has 5 heteroatoms. The Bertz CT molecular complexity index is 1030. The van der Waals surface area contributed by atoms with E-state index in [0.717, 1.165) is 33.9 Å². The van der Waals surface area contributed by atoms with Crippen molar-refractivity contribution >= 4 is 11.6 Å². The molecule has 29 heavy (non-hydrogen) atoms. The Balaban J connectivity index is 1.65. The summed E-state index contributed by atoms with van der Waals surface area (Å²) in [6.07, 6.45) is 1.14. The molecule has 0 saturated carbocycles.